The standard InChI is InChI=1S/C27H22F5NO4/c1-2-3-12-19(26(34)37-25-23(31)21(29)20(28)22(30)24(25)32)33-27(35)36-13-18-16-10-6-4-8-14(16)15-9-5-7-11-17(15)18/h4-11,18-19H,2-3,12-13H2,1H3,(H,33,35)/t19-/m0/s1. The Hall–Kier alpha value is -3.95. The maximum Gasteiger partial charge on any atom is 0.407 e. The number of rotatable bonds is 8. The van der Waals surface area contributed by atoms with Crippen LogP contribution in [-0.4, -0.2) is 24.7 Å². The molecule has 0 saturated carbocycles. The molecule has 1 aliphatic rings. The minimum atomic E-state index is -2.38. The predicted octanol–water partition coefficient (Wildman–Crippen LogP) is 6.39. The van der Waals surface area contributed by atoms with Crippen LogP contribution in [0.4, 0.5) is 26.7 Å². The van der Waals surface area contributed by atoms with Gasteiger partial charge in [-0.2, -0.15) is 8.78 Å². The van der Waals surface area contributed by atoms with Gasteiger partial charge in [-0.25, -0.2) is 22.8 Å². The zero-order chi connectivity index (χ0) is 26.7. The summed E-state index contributed by atoms with van der Waals surface area (Å²) < 4.78 is 78.1. The van der Waals surface area contributed by atoms with Crippen LogP contribution in [0.2, 0.25) is 0 Å². The van der Waals surface area contributed by atoms with Crippen molar-refractivity contribution in [2.45, 2.75) is 38.1 Å². The van der Waals surface area contributed by atoms with E-state index in [0.29, 0.717) is 12.8 Å². The molecule has 194 valence electrons. The van der Waals surface area contributed by atoms with Crippen LogP contribution in [0.25, 0.3) is 11.1 Å². The molecule has 37 heavy (non-hydrogen) atoms. The molecule has 0 spiro atoms. The van der Waals surface area contributed by atoms with Crippen molar-refractivity contribution in [1.29, 1.82) is 0 Å². The molecule has 0 aromatic heterocycles. The van der Waals surface area contributed by atoms with E-state index in [0.717, 1.165) is 22.3 Å². The zero-order valence-electron chi connectivity index (χ0n) is 19.6. The molecular weight excluding hydrogens is 497 g/mol. The van der Waals surface area contributed by atoms with Crippen molar-refractivity contribution in [3.63, 3.8) is 0 Å². The van der Waals surface area contributed by atoms with E-state index < -0.39 is 52.9 Å². The molecule has 1 aliphatic carbocycles. The van der Waals surface area contributed by atoms with Crippen LogP contribution in [0.1, 0.15) is 43.2 Å². The van der Waals surface area contributed by atoms with Crippen molar-refractivity contribution in [3.05, 3.63) is 88.7 Å². The van der Waals surface area contributed by atoms with Gasteiger partial charge in [0.1, 0.15) is 12.6 Å². The van der Waals surface area contributed by atoms with Gasteiger partial charge >= 0.3 is 12.1 Å². The number of ether oxygens (including phenoxy) is 2. The Bertz CT molecular complexity index is 1270. The fraction of sp³-hybridized carbons (Fsp3) is 0.259. The highest BCUT2D eigenvalue weighted by atomic mass is 19.2. The van der Waals surface area contributed by atoms with Gasteiger partial charge in [0.15, 0.2) is 0 Å². The van der Waals surface area contributed by atoms with Crippen LogP contribution in [0.3, 0.4) is 0 Å². The zero-order valence-corrected chi connectivity index (χ0v) is 19.6. The average Bonchev–Trinajstić information content (AvgIpc) is 3.23. The van der Waals surface area contributed by atoms with Gasteiger partial charge in [-0.1, -0.05) is 68.3 Å². The smallest absolute Gasteiger partial charge is 0.407 e. The molecule has 3 aromatic carbocycles. The largest absolute Gasteiger partial charge is 0.449 e. The minimum absolute atomic E-state index is 0.0189. The number of carbonyl (C=O) groups excluding carboxylic acids is 2. The summed E-state index contributed by atoms with van der Waals surface area (Å²) in [5, 5.41) is 2.28. The van der Waals surface area contributed by atoms with Crippen molar-refractivity contribution < 1.29 is 41.0 Å². The predicted molar refractivity (Wildman–Crippen MR) is 123 cm³/mol. The van der Waals surface area contributed by atoms with Gasteiger partial charge in [0.25, 0.3) is 0 Å². The van der Waals surface area contributed by atoms with Crippen molar-refractivity contribution in [1.82, 2.24) is 5.32 Å². The number of hydrogen-bond acceptors (Lipinski definition) is 4. The quantitative estimate of drug-likeness (QED) is 0.123. The molecule has 1 atom stereocenters. The second kappa shape index (κ2) is 11.0. The first-order valence-electron chi connectivity index (χ1n) is 11.6. The molecule has 4 rings (SSSR count). The molecule has 0 fully saturated rings. The molecule has 3 aromatic rings. The molecule has 0 saturated heterocycles. The average molecular weight is 519 g/mol. The lowest BCUT2D eigenvalue weighted by Crippen LogP contribution is -2.43. The second-order valence-electron chi connectivity index (χ2n) is 8.48. The third-order valence-corrected chi connectivity index (χ3v) is 6.14. The summed E-state index contributed by atoms with van der Waals surface area (Å²) in [7, 11) is 0. The van der Waals surface area contributed by atoms with Crippen molar-refractivity contribution in [2.75, 3.05) is 6.61 Å². The van der Waals surface area contributed by atoms with E-state index in [4.69, 9.17) is 4.74 Å². The Labute approximate surface area is 209 Å². The van der Waals surface area contributed by atoms with Gasteiger partial charge in [-0.3, -0.25) is 0 Å². The van der Waals surface area contributed by atoms with E-state index in [2.05, 4.69) is 10.1 Å². The number of esters is 1. The van der Waals surface area contributed by atoms with Crippen LogP contribution in [0.5, 0.6) is 5.75 Å². The number of benzene rings is 3. The summed E-state index contributed by atoms with van der Waals surface area (Å²) in [6.07, 6.45) is -0.0500. The summed E-state index contributed by atoms with van der Waals surface area (Å²) in [5.74, 6) is -14.9. The lowest BCUT2D eigenvalue weighted by Gasteiger charge is -2.19. The summed E-state index contributed by atoms with van der Waals surface area (Å²) >= 11 is 0. The number of alkyl carbamates (subject to hydrolysis) is 1. The first-order valence-corrected chi connectivity index (χ1v) is 11.6. The van der Waals surface area contributed by atoms with Crippen LogP contribution >= 0.6 is 0 Å². The van der Waals surface area contributed by atoms with E-state index in [1.54, 1.807) is 6.92 Å². The fourth-order valence-electron chi connectivity index (χ4n) is 4.29. The number of carbonyl (C=O) groups is 2. The number of fused-ring (bicyclic) bond motifs is 3. The lowest BCUT2D eigenvalue weighted by atomic mass is 9.98. The summed E-state index contributed by atoms with van der Waals surface area (Å²) in [4.78, 5) is 25.2. The van der Waals surface area contributed by atoms with E-state index >= 15 is 0 Å². The van der Waals surface area contributed by atoms with Gasteiger partial charge in [-0.15, -0.1) is 0 Å². The highest BCUT2D eigenvalue weighted by molar-refractivity contribution is 5.83. The van der Waals surface area contributed by atoms with Gasteiger partial charge in [0.2, 0.25) is 34.8 Å². The Morgan fingerprint density at radius 1 is 0.838 bits per heavy atom. The first-order chi connectivity index (χ1) is 17.7. The third kappa shape index (κ3) is 5.14. The lowest BCUT2D eigenvalue weighted by molar-refractivity contribution is -0.137. The Morgan fingerprint density at radius 2 is 1.35 bits per heavy atom. The van der Waals surface area contributed by atoms with Gasteiger partial charge < -0.3 is 14.8 Å². The highest BCUT2D eigenvalue weighted by Crippen LogP contribution is 2.44. The summed E-state index contributed by atoms with van der Waals surface area (Å²) in [5.41, 5.74) is 3.95. The molecule has 10 heteroatoms. The number of unbranched alkanes of at least 4 members (excludes halogenated alkanes) is 1. The van der Waals surface area contributed by atoms with Crippen molar-refractivity contribution in [3.8, 4) is 16.9 Å². The van der Waals surface area contributed by atoms with Crippen LogP contribution < -0.4 is 10.1 Å². The molecular formula is C27H22F5NO4. The van der Waals surface area contributed by atoms with Gasteiger partial charge in [0.05, 0.1) is 0 Å². The number of halogens is 5. The number of hydrogen-bond donors (Lipinski definition) is 1. The number of nitrogens with one attached hydrogen (secondary N) is 1. The fourth-order valence-corrected chi connectivity index (χ4v) is 4.29. The monoisotopic (exact) mass is 519 g/mol. The van der Waals surface area contributed by atoms with Crippen LogP contribution in [0.15, 0.2) is 48.5 Å². The molecule has 0 bridgehead atoms. The van der Waals surface area contributed by atoms with E-state index in [-0.39, 0.29) is 18.9 Å². The van der Waals surface area contributed by atoms with Gasteiger partial charge in [-0.05, 0) is 28.7 Å². The van der Waals surface area contributed by atoms with Gasteiger partial charge in [0, 0.05) is 5.92 Å². The first kappa shape index (κ1) is 26.1. The number of amides is 1. The minimum Gasteiger partial charge on any atom is -0.449 e. The maximum atomic E-state index is 14.0. The van der Waals surface area contributed by atoms with E-state index in [9.17, 15) is 31.5 Å². The highest BCUT2D eigenvalue weighted by Gasteiger charge is 2.32. The molecule has 0 aliphatic heterocycles. The Morgan fingerprint density at radius 3 is 1.89 bits per heavy atom. The maximum absolute atomic E-state index is 14.0. The molecule has 0 heterocycles. The van der Waals surface area contributed by atoms with E-state index in [1.807, 2.05) is 48.5 Å². The van der Waals surface area contributed by atoms with E-state index in [1.165, 1.54) is 0 Å². The molecule has 1 N–H and O–H groups in total. The van der Waals surface area contributed by atoms with Crippen molar-refractivity contribution >= 4 is 12.1 Å². The van der Waals surface area contributed by atoms with Crippen LogP contribution in [-0.2, 0) is 9.53 Å². The molecule has 5 nitrogen and oxygen atoms in total. The SMILES string of the molecule is CCCC[C@H](NC(=O)OCC1c2ccccc2-c2ccccc21)C(=O)Oc1c(F)c(F)c(F)c(F)c1F. The Kier molecular flexibility index (Phi) is 7.75. The topological polar surface area (TPSA) is 64.6 Å². The second-order valence-corrected chi connectivity index (χ2v) is 8.48. The Balaban J connectivity index is 1.47. The summed E-state index contributed by atoms with van der Waals surface area (Å²) in [6, 6.07) is 13.9. The van der Waals surface area contributed by atoms with Crippen LogP contribution in [0, 0.1) is 29.1 Å². The molecule has 0 radical (unpaired) electrons. The molecule has 0 unspecified atom stereocenters. The van der Waals surface area contributed by atoms with Crippen molar-refractivity contribution in [2.24, 2.45) is 0 Å². The molecule has 1 amide bonds. The normalized spacial score (nSPS) is 13.0. The summed E-state index contributed by atoms with van der Waals surface area (Å²) in [6.45, 7) is 1.73. The third-order valence-electron chi connectivity index (χ3n) is 6.14.